The van der Waals surface area contributed by atoms with E-state index in [1.807, 2.05) is 0 Å². The Morgan fingerprint density at radius 2 is 1.70 bits per heavy atom. The highest BCUT2D eigenvalue weighted by Gasteiger charge is 1.91. The molecule has 0 aliphatic heterocycles. The molecule has 0 heterocycles. The molecule has 0 unspecified atom stereocenters. The van der Waals surface area contributed by atoms with Gasteiger partial charge in [-0.3, -0.25) is 4.79 Å². The molecular formula is C8H11ClO. The van der Waals surface area contributed by atoms with Gasteiger partial charge in [0.2, 0.25) is 0 Å². The number of ketones is 1. The highest BCUT2D eigenvalue weighted by atomic mass is 35.5. The number of halogens is 1. The molecule has 0 radical (unpaired) electrons. The van der Waals surface area contributed by atoms with Crippen LogP contribution >= 0.6 is 11.6 Å². The first-order valence-corrected chi connectivity index (χ1v) is 3.43. The molecule has 1 nitrogen and oxygen atoms in total. The third kappa shape index (κ3) is 4.33. The van der Waals surface area contributed by atoms with Gasteiger partial charge in [-0.2, -0.15) is 0 Å². The summed E-state index contributed by atoms with van der Waals surface area (Å²) in [4.78, 5) is 10.6. The van der Waals surface area contributed by atoms with Crippen molar-refractivity contribution in [3.8, 4) is 0 Å². The Bertz CT molecular complexity index is 185. The molecule has 0 fully saturated rings. The SMILES string of the molecule is CC(=O)C(C)=CC=C(C)Cl. The lowest BCUT2D eigenvalue weighted by molar-refractivity contribution is -0.113. The van der Waals surface area contributed by atoms with Crippen LogP contribution in [0.25, 0.3) is 0 Å². The van der Waals surface area contributed by atoms with Gasteiger partial charge >= 0.3 is 0 Å². The predicted octanol–water partition coefficient (Wildman–Crippen LogP) is 2.66. The smallest absolute Gasteiger partial charge is 0.155 e. The lowest BCUT2D eigenvalue weighted by Gasteiger charge is -1.88. The molecule has 0 spiro atoms. The largest absolute Gasteiger partial charge is 0.295 e. The van der Waals surface area contributed by atoms with Gasteiger partial charge in [0.05, 0.1) is 0 Å². The first-order chi connectivity index (χ1) is 4.54. The Morgan fingerprint density at radius 1 is 1.20 bits per heavy atom. The molecule has 0 amide bonds. The molecule has 0 rings (SSSR count). The molecule has 0 aromatic heterocycles. The van der Waals surface area contributed by atoms with E-state index < -0.39 is 0 Å². The Balaban J connectivity index is 4.19. The Hall–Kier alpha value is -0.560. The summed E-state index contributed by atoms with van der Waals surface area (Å²) in [6.45, 7) is 5.06. The van der Waals surface area contributed by atoms with E-state index in [2.05, 4.69) is 0 Å². The number of allylic oxidation sites excluding steroid dienone is 4. The third-order valence-corrected chi connectivity index (χ3v) is 1.24. The van der Waals surface area contributed by atoms with Crippen molar-refractivity contribution in [2.45, 2.75) is 20.8 Å². The summed E-state index contributed by atoms with van der Waals surface area (Å²) in [6, 6.07) is 0. The van der Waals surface area contributed by atoms with Crippen LogP contribution in [-0.2, 0) is 4.79 Å². The molecule has 0 saturated heterocycles. The monoisotopic (exact) mass is 158 g/mol. The van der Waals surface area contributed by atoms with Crippen molar-refractivity contribution in [2.24, 2.45) is 0 Å². The van der Waals surface area contributed by atoms with Crippen molar-refractivity contribution in [3.05, 3.63) is 22.8 Å². The minimum Gasteiger partial charge on any atom is -0.295 e. The second kappa shape index (κ2) is 4.29. The van der Waals surface area contributed by atoms with Gasteiger partial charge in [-0.15, -0.1) is 0 Å². The van der Waals surface area contributed by atoms with Gasteiger partial charge in [-0.25, -0.2) is 0 Å². The molecule has 0 bridgehead atoms. The fourth-order valence-electron chi connectivity index (χ4n) is 0.357. The van der Waals surface area contributed by atoms with E-state index in [4.69, 9.17) is 11.6 Å². The fraction of sp³-hybridized carbons (Fsp3) is 0.375. The number of rotatable bonds is 2. The summed E-state index contributed by atoms with van der Waals surface area (Å²) in [5.41, 5.74) is 0.722. The lowest BCUT2D eigenvalue weighted by atomic mass is 10.2. The van der Waals surface area contributed by atoms with Crippen LogP contribution < -0.4 is 0 Å². The maximum atomic E-state index is 10.6. The molecule has 0 saturated carbocycles. The van der Waals surface area contributed by atoms with E-state index in [0.717, 1.165) is 5.57 Å². The Morgan fingerprint density at radius 3 is 2.00 bits per heavy atom. The van der Waals surface area contributed by atoms with Gasteiger partial charge in [-0.05, 0) is 32.4 Å². The molecule has 0 atom stereocenters. The standard InChI is InChI=1S/C8H11ClO/c1-6(8(3)10)4-5-7(2)9/h4-5H,1-3H3. The average molecular weight is 159 g/mol. The van der Waals surface area contributed by atoms with E-state index in [0.29, 0.717) is 5.03 Å². The predicted molar refractivity (Wildman–Crippen MR) is 44.0 cm³/mol. The number of carbonyl (C=O) groups is 1. The topological polar surface area (TPSA) is 17.1 Å². The van der Waals surface area contributed by atoms with Gasteiger partial charge in [0.15, 0.2) is 5.78 Å². The molecule has 10 heavy (non-hydrogen) atoms. The summed E-state index contributed by atoms with van der Waals surface area (Å²) >= 11 is 5.53. The number of hydrogen-bond acceptors (Lipinski definition) is 1. The second-order valence-corrected chi connectivity index (χ2v) is 2.76. The lowest BCUT2D eigenvalue weighted by Crippen LogP contribution is -1.89. The first-order valence-electron chi connectivity index (χ1n) is 3.05. The van der Waals surface area contributed by atoms with Crippen LogP contribution in [0.2, 0.25) is 0 Å². The van der Waals surface area contributed by atoms with Gasteiger partial charge < -0.3 is 0 Å². The fourth-order valence-corrected chi connectivity index (χ4v) is 0.420. The average Bonchev–Trinajstić information content (AvgIpc) is 1.82. The van der Waals surface area contributed by atoms with Crippen molar-refractivity contribution in [1.29, 1.82) is 0 Å². The normalized spacial score (nSPS) is 13.6. The van der Waals surface area contributed by atoms with E-state index in [1.165, 1.54) is 6.92 Å². The minimum atomic E-state index is 0.0779. The highest BCUT2D eigenvalue weighted by Crippen LogP contribution is 2.01. The number of carbonyl (C=O) groups excluding carboxylic acids is 1. The molecule has 0 aliphatic carbocycles. The molecule has 56 valence electrons. The molecule has 0 aromatic carbocycles. The quantitative estimate of drug-likeness (QED) is 0.446. The zero-order valence-electron chi connectivity index (χ0n) is 6.44. The van der Waals surface area contributed by atoms with Crippen LogP contribution in [0.3, 0.4) is 0 Å². The van der Waals surface area contributed by atoms with Crippen LogP contribution in [0.1, 0.15) is 20.8 Å². The molecule has 2 heteroatoms. The van der Waals surface area contributed by atoms with Crippen LogP contribution in [0, 0.1) is 0 Å². The van der Waals surface area contributed by atoms with Gasteiger partial charge in [-0.1, -0.05) is 17.7 Å². The van der Waals surface area contributed by atoms with E-state index >= 15 is 0 Å². The Labute approximate surface area is 66.4 Å². The second-order valence-electron chi connectivity index (χ2n) is 2.16. The number of Topliss-reactive ketones (excluding diaryl/α,β-unsaturated/α-hetero) is 1. The minimum absolute atomic E-state index is 0.0779. The van der Waals surface area contributed by atoms with Crippen molar-refractivity contribution in [1.82, 2.24) is 0 Å². The van der Waals surface area contributed by atoms with Gasteiger partial charge in [0.25, 0.3) is 0 Å². The highest BCUT2D eigenvalue weighted by molar-refractivity contribution is 6.29. The molecule has 0 aromatic rings. The van der Waals surface area contributed by atoms with Crippen molar-refractivity contribution >= 4 is 17.4 Å². The van der Waals surface area contributed by atoms with Gasteiger partial charge in [0.1, 0.15) is 0 Å². The summed E-state index contributed by atoms with van der Waals surface area (Å²) in [5, 5.41) is 0.681. The maximum Gasteiger partial charge on any atom is 0.155 e. The van der Waals surface area contributed by atoms with E-state index in [-0.39, 0.29) is 5.78 Å². The molecule has 0 aliphatic rings. The molecular weight excluding hydrogens is 148 g/mol. The summed E-state index contributed by atoms with van der Waals surface area (Å²) in [7, 11) is 0. The zero-order chi connectivity index (χ0) is 8.15. The Kier molecular flexibility index (Phi) is 4.05. The number of hydrogen-bond donors (Lipinski definition) is 0. The first kappa shape index (κ1) is 9.44. The summed E-state index contributed by atoms with van der Waals surface area (Å²) in [5.74, 6) is 0.0779. The maximum absolute atomic E-state index is 10.6. The molecule has 0 N–H and O–H groups in total. The van der Waals surface area contributed by atoms with Crippen LogP contribution in [-0.4, -0.2) is 5.78 Å². The van der Waals surface area contributed by atoms with Crippen molar-refractivity contribution in [2.75, 3.05) is 0 Å². The van der Waals surface area contributed by atoms with E-state index in [9.17, 15) is 4.79 Å². The zero-order valence-corrected chi connectivity index (χ0v) is 7.20. The third-order valence-electron chi connectivity index (χ3n) is 1.12. The van der Waals surface area contributed by atoms with Crippen molar-refractivity contribution in [3.63, 3.8) is 0 Å². The van der Waals surface area contributed by atoms with Crippen molar-refractivity contribution < 1.29 is 4.79 Å². The summed E-state index contributed by atoms with van der Waals surface area (Å²) in [6.07, 6.45) is 3.42. The summed E-state index contributed by atoms with van der Waals surface area (Å²) < 4.78 is 0. The van der Waals surface area contributed by atoms with E-state index in [1.54, 1.807) is 26.0 Å². The van der Waals surface area contributed by atoms with Crippen LogP contribution in [0.4, 0.5) is 0 Å². The van der Waals surface area contributed by atoms with Crippen LogP contribution in [0.15, 0.2) is 22.8 Å². The van der Waals surface area contributed by atoms with Gasteiger partial charge in [0, 0.05) is 5.03 Å². The van der Waals surface area contributed by atoms with Crippen LogP contribution in [0.5, 0.6) is 0 Å².